The van der Waals surface area contributed by atoms with Gasteiger partial charge in [0.15, 0.2) is 0 Å². The van der Waals surface area contributed by atoms with Crippen molar-refractivity contribution in [2.45, 2.75) is 19.8 Å². The maximum absolute atomic E-state index is 5.56. The summed E-state index contributed by atoms with van der Waals surface area (Å²) in [5.41, 5.74) is 3.80. The molecule has 0 saturated carbocycles. The fourth-order valence-corrected chi connectivity index (χ4v) is 2.17. The maximum atomic E-state index is 5.56. The van der Waals surface area contributed by atoms with Gasteiger partial charge in [-0.3, -0.25) is 0 Å². The van der Waals surface area contributed by atoms with Crippen LogP contribution < -0.4 is 0 Å². The van der Waals surface area contributed by atoms with Crippen molar-refractivity contribution in [1.29, 1.82) is 0 Å². The average Bonchev–Trinajstić information content (AvgIpc) is 2.53. The van der Waals surface area contributed by atoms with Gasteiger partial charge in [0.25, 0.3) is 0 Å². The van der Waals surface area contributed by atoms with Crippen molar-refractivity contribution in [2.75, 3.05) is 13.2 Å². The molecule has 1 nitrogen and oxygen atoms in total. The second-order valence-electron chi connectivity index (χ2n) is 4.75. The van der Waals surface area contributed by atoms with E-state index in [1.165, 1.54) is 16.7 Å². The van der Waals surface area contributed by atoms with Gasteiger partial charge in [-0.2, -0.15) is 0 Å². The zero-order chi connectivity index (χ0) is 14.0. The van der Waals surface area contributed by atoms with Gasteiger partial charge in [0.05, 0.1) is 6.61 Å². The average molecular weight is 266 g/mol. The smallest absolute Gasteiger partial charge is 0.0500 e. The largest absolute Gasteiger partial charge is 0.381 e. The molecule has 1 heteroatoms. The third kappa shape index (κ3) is 4.36. The van der Waals surface area contributed by atoms with Gasteiger partial charge in [-0.15, -0.1) is 0 Å². The van der Waals surface area contributed by atoms with Gasteiger partial charge in [0, 0.05) is 6.61 Å². The number of benzene rings is 2. The van der Waals surface area contributed by atoms with Crippen molar-refractivity contribution < 1.29 is 4.74 Å². The molecule has 0 saturated heterocycles. The van der Waals surface area contributed by atoms with Gasteiger partial charge < -0.3 is 4.74 Å². The van der Waals surface area contributed by atoms with Crippen LogP contribution in [0.4, 0.5) is 0 Å². The predicted octanol–water partition coefficient (Wildman–Crippen LogP) is 4.94. The molecule has 2 aromatic rings. The van der Waals surface area contributed by atoms with E-state index in [-0.39, 0.29) is 0 Å². The lowest BCUT2D eigenvalue weighted by atomic mass is 9.97. The molecular weight excluding hydrogens is 244 g/mol. The Bertz CT molecular complexity index is 472. The van der Waals surface area contributed by atoms with Crippen LogP contribution in [-0.4, -0.2) is 13.2 Å². The Balaban J connectivity index is 2.15. The number of hydrogen-bond donors (Lipinski definition) is 0. The van der Waals surface area contributed by atoms with Crippen LogP contribution >= 0.6 is 0 Å². The first kappa shape index (κ1) is 14.5. The molecule has 0 atom stereocenters. The van der Waals surface area contributed by atoms with Crippen LogP contribution in [0.25, 0.3) is 5.57 Å². The first-order valence-corrected chi connectivity index (χ1v) is 7.30. The van der Waals surface area contributed by atoms with Crippen LogP contribution in [0.2, 0.25) is 0 Å². The lowest BCUT2D eigenvalue weighted by Crippen LogP contribution is -1.95. The van der Waals surface area contributed by atoms with E-state index in [1.807, 2.05) is 0 Å². The quantitative estimate of drug-likeness (QED) is 0.645. The zero-order valence-corrected chi connectivity index (χ0v) is 12.1. The number of ether oxygens (including phenoxy) is 1. The molecule has 0 aliphatic heterocycles. The fraction of sp³-hybridized carbons (Fsp3) is 0.263. The minimum Gasteiger partial charge on any atom is -0.381 e. The number of rotatable bonds is 7. The molecule has 0 bridgehead atoms. The molecule has 0 aliphatic carbocycles. The topological polar surface area (TPSA) is 9.23 Å². The van der Waals surface area contributed by atoms with E-state index < -0.39 is 0 Å². The highest BCUT2D eigenvalue weighted by Gasteiger charge is 2.03. The molecule has 0 unspecified atom stereocenters. The Morgan fingerprint density at radius 3 is 1.90 bits per heavy atom. The van der Waals surface area contributed by atoms with E-state index in [2.05, 4.69) is 73.7 Å². The van der Waals surface area contributed by atoms with Crippen LogP contribution in [0.3, 0.4) is 0 Å². The summed E-state index contributed by atoms with van der Waals surface area (Å²) in [5, 5.41) is 0. The molecule has 0 heterocycles. The van der Waals surface area contributed by atoms with E-state index in [4.69, 9.17) is 4.74 Å². The predicted molar refractivity (Wildman–Crippen MR) is 85.7 cm³/mol. The fourth-order valence-electron chi connectivity index (χ4n) is 2.17. The summed E-state index contributed by atoms with van der Waals surface area (Å²) >= 11 is 0. The first-order chi connectivity index (χ1) is 9.92. The summed E-state index contributed by atoms with van der Waals surface area (Å²) in [6.07, 6.45) is 4.30. The van der Waals surface area contributed by atoms with Gasteiger partial charge in [-0.1, -0.05) is 73.7 Å². The molecule has 0 amide bonds. The Morgan fingerprint density at radius 1 is 0.850 bits per heavy atom. The molecular formula is C19H22O. The van der Waals surface area contributed by atoms with E-state index in [0.717, 1.165) is 26.1 Å². The van der Waals surface area contributed by atoms with Gasteiger partial charge in [-0.25, -0.2) is 0 Å². The van der Waals surface area contributed by atoms with E-state index >= 15 is 0 Å². The van der Waals surface area contributed by atoms with Gasteiger partial charge >= 0.3 is 0 Å². The molecule has 0 aromatic heterocycles. The summed E-state index contributed by atoms with van der Waals surface area (Å²) in [7, 11) is 0. The Labute approximate surface area is 121 Å². The summed E-state index contributed by atoms with van der Waals surface area (Å²) in [4.78, 5) is 0. The Morgan fingerprint density at radius 2 is 1.40 bits per heavy atom. The summed E-state index contributed by atoms with van der Waals surface area (Å²) in [5.74, 6) is 0. The molecule has 20 heavy (non-hydrogen) atoms. The molecule has 2 rings (SSSR count). The molecule has 0 spiro atoms. The highest BCUT2D eigenvalue weighted by molar-refractivity contribution is 5.79. The van der Waals surface area contributed by atoms with Crippen molar-refractivity contribution >= 4 is 5.57 Å². The van der Waals surface area contributed by atoms with E-state index in [0.29, 0.717) is 0 Å². The SMILES string of the molecule is CCCOCCC=C(c1ccccc1)c1ccccc1. The summed E-state index contributed by atoms with van der Waals surface area (Å²) in [6, 6.07) is 21.1. The first-order valence-electron chi connectivity index (χ1n) is 7.30. The zero-order valence-electron chi connectivity index (χ0n) is 12.1. The molecule has 0 aliphatic rings. The van der Waals surface area contributed by atoms with Crippen LogP contribution in [-0.2, 0) is 4.74 Å². The van der Waals surface area contributed by atoms with Gasteiger partial charge in [-0.05, 0) is 29.5 Å². The lowest BCUT2D eigenvalue weighted by molar-refractivity contribution is 0.139. The van der Waals surface area contributed by atoms with E-state index in [1.54, 1.807) is 0 Å². The maximum Gasteiger partial charge on any atom is 0.0500 e. The minimum atomic E-state index is 0.789. The second kappa shape index (κ2) is 8.34. The summed E-state index contributed by atoms with van der Waals surface area (Å²) < 4.78 is 5.56. The standard InChI is InChI=1S/C19H22O/c1-2-15-20-16-9-14-19(17-10-5-3-6-11-17)18-12-7-4-8-13-18/h3-8,10-14H,2,9,15-16H2,1H3. The van der Waals surface area contributed by atoms with Gasteiger partial charge in [0.1, 0.15) is 0 Å². The van der Waals surface area contributed by atoms with Crippen LogP contribution in [0.1, 0.15) is 30.9 Å². The molecule has 2 aromatic carbocycles. The second-order valence-corrected chi connectivity index (χ2v) is 4.75. The normalized spacial score (nSPS) is 10.2. The monoisotopic (exact) mass is 266 g/mol. The van der Waals surface area contributed by atoms with Crippen molar-refractivity contribution in [3.63, 3.8) is 0 Å². The van der Waals surface area contributed by atoms with E-state index in [9.17, 15) is 0 Å². The van der Waals surface area contributed by atoms with Crippen LogP contribution in [0.15, 0.2) is 66.7 Å². The Hall–Kier alpha value is -1.86. The minimum absolute atomic E-state index is 0.789. The van der Waals surface area contributed by atoms with Crippen LogP contribution in [0, 0.1) is 0 Å². The molecule has 0 fully saturated rings. The third-order valence-corrected chi connectivity index (χ3v) is 3.13. The summed E-state index contributed by atoms with van der Waals surface area (Å²) in [6.45, 7) is 3.77. The molecule has 0 radical (unpaired) electrons. The lowest BCUT2D eigenvalue weighted by Gasteiger charge is -2.09. The van der Waals surface area contributed by atoms with Gasteiger partial charge in [0.2, 0.25) is 0 Å². The van der Waals surface area contributed by atoms with Crippen molar-refractivity contribution in [2.24, 2.45) is 0 Å². The molecule has 0 N–H and O–H groups in total. The van der Waals surface area contributed by atoms with Crippen LogP contribution in [0.5, 0.6) is 0 Å². The van der Waals surface area contributed by atoms with Crippen molar-refractivity contribution in [3.8, 4) is 0 Å². The highest BCUT2D eigenvalue weighted by Crippen LogP contribution is 2.23. The van der Waals surface area contributed by atoms with Crippen molar-refractivity contribution in [3.05, 3.63) is 77.9 Å². The third-order valence-electron chi connectivity index (χ3n) is 3.13. The number of hydrogen-bond acceptors (Lipinski definition) is 1. The highest BCUT2D eigenvalue weighted by atomic mass is 16.5. The Kier molecular flexibility index (Phi) is 6.07. The molecule has 104 valence electrons. The van der Waals surface area contributed by atoms with Crippen molar-refractivity contribution in [1.82, 2.24) is 0 Å².